The maximum Gasteiger partial charge on any atom is 0.289 e. The third-order valence-electron chi connectivity index (χ3n) is 3.51. The van der Waals surface area contributed by atoms with E-state index in [1.807, 2.05) is 26.0 Å². The molecule has 2 amide bonds. The van der Waals surface area contributed by atoms with Gasteiger partial charge in [0.25, 0.3) is 5.24 Å². The van der Waals surface area contributed by atoms with Gasteiger partial charge in [-0.15, -0.1) is 6.42 Å². The van der Waals surface area contributed by atoms with Crippen molar-refractivity contribution in [2.24, 2.45) is 5.92 Å². The van der Waals surface area contributed by atoms with Gasteiger partial charge in [-0.25, -0.2) is 0 Å². The molecule has 1 aromatic carbocycles. The van der Waals surface area contributed by atoms with Crippen molar-refractivity contribution in [2.75, 3.05) is 20.3 Å². The molecule has 128 valence electrons. The first-order chi connectivity index (χ1) is 11.5. The van der Waals surface area contributed by atoms with E-state index in [4.69, 9.17) is 15.9 Å². The summed E-state index contributed by atoms with van der Waals surface area (Å²) in [6.45, 7) is 4.59. The molecule has 1 aliphatic rings. The number of benzene rings is 1. The molecule has 0 spiro atoms. The summed E-state index contributed by atoms with van der Waals surface area (Å²) < 4.78 is 10.7. The molecule has 24 heavy (non-hydrogen) atoms. The number of carbonyl (C=O) groups is 2. The summed E-state index contributed by atoms with van der Waals surface area (Å²) in [7, 11) is 1.55. The van der Waals surface area contributed by atoms with E-state index in [2.05, 4.69) is 5.92 Å². The Balaban J connectivity index is 2.10. The van der Waals surface area contributed by atoms with Gasteiger partial charge < -0.3 is 9.47 Å². The monoisotopic (exact) mass is 347 g/mol. The van der Waals surface area contributed by atoms with Crippen molar-refractivity contribution in [3.05, 3.63) is 23.8 Å². The first-order valence-electron chi connectivity index (χ1n) is 7.71. The minimum Gasteiger partial charge on any atom is -0.493 e. The van der Waals surface area contributed by atoms with Crippen LogP contribution in [-0.2, 0) is 11.2 Å². The predicted octanol–water partition coefficient (Wildman–Crippen LogP) is 2.97. The van der Waals surface area contributed by atoms with Crippen LogP contribution in [0.3, 0.4) is 0 Å². The number of methoxy groups -OCH3 is 1. The van der Waals surface area contributed by atoms with Crippen LogP contribution in [0.4, 0.5) is 4.79 Å². The summed E-state index contributed by atoms with van der Waals surface area (Å²) in [6.07, 6.45) is 5.66. The number of nitrogens with zero attached hydrogens (tertiary/aromatic N) is 1. The number of carbonyl (C=O) groups excluding carboxylic acids is 2. The average Bonchev–Trinajstić information content (AvgIpc) is 2.80. The Morgan fingerprint density at radius 2 is 2.08 bits per heavy atom. The van der Waals surface area contributed by atoms with Gasteiger partial charge in [0.05, 0.1) is 12.4 Å². The lowest BCUT2D eigenvalue weighted by Crippen LogP contribution is -2.35. The molecule has 0 saturated carbocycles. The molecule has 0 unspecified atom stereocenters. The number of imide groups is 1. The molecule has 0 aromatic heterocycles. The summed E-state index contributed by atoms with van der Waals surface area (Å²) in [4.78, 5) is 25.8. The summed E-state index contributed by atoms with van der Waals surface area (Å²) in [5.74, 6) is 3.65. The van der Waals surface area contributed by atoms with Crippen LogP contribution in [0.5, 0.6) is 11.5 Å². The molecule has 1 fully saturated rings. The maximum absolute atomic E-state index is 12.4. The molecule has 1 atom stereocenters. The van der Waals surface area contributed by atoms with Crippen LogP contribution in [0.15, 0.2) is 18.2 Å². The maximum atomic E-state index is 12.4. The Hall–Kier alpha value is -2.13. The molecule has 1 heterocycles. The number of hydrogen-bond donors (Lipinski definition) is 0. The highest BCUT2D eigenvalue weighted by Crippen LogP contribution is 2.33. The van der Waals surface area contributed by atoms with E-state index in [-0.39, 0.29) is 23.7 Å². The zero-order valence-electron chi connectivity index (χ0n) is 14.1. The molecular formula is C18H21NO4S. The summed E-state index contributed by atoms with van der Waals surface area (Å²) in [5.41, 5.74) is 0.907. The van der Waals surface area contributed by atoms with Crippen LogP contribution in [-0.4, -0.2) is 41.6 Å². The number of rotatable bonds is 7. The fourth-order valence-electron chi connectivity index (χ4n) is 2.45. The van der Waals surface area contributed by atoms with E-state index in [0.717, 1.165) is 17.3 Å². The van der Waals surface area contributed by atoms with Gasteiger partial charge in [-0.2, -0.15) is 0 Å². The fraction of sp³-hybridized carbons (Fsp3) is 0.444. The van der Waals surface area contributed by atoms with Gasteiger partial charge in [-0.1, -0.05) is 37.6 Å². The van der Waals surface area contributed by atoms with Gasteiger partial charge in [0.1, 0.15) is 6.61 Å². The van der Waals surface area contributed by atoms with E-state index in [1.54, 1.807) is 13.2 Å². The molecule has 1 aromatic rings. The van der Waals surface area contributed by atoms with Crippen LogP contribution >= 0.6 is 11.8 Å². The second kappa shape index (κ2) is 8.11. The molecule has 0 bridgehead atoms. The van der Waals surface area contributed by atoms with Gasteiger partial charge in [-0.05, 0) is 30.0 Å². The number of thioether (sulfide) groups is 1. The van der Waals surface area contributed by atoms with E-state index in [1.165, 1.54) is 4.90 Å². The largest absolute Gasteiger partial charge is 0.493 e. The summed E-state index contributed by atoms with van der Waals surface area (Å²) in [6, 6.07) is 5.44. The third-order valence-corrected chi connectivity index (χ3v) is 4.59. The van der Waals surface area contributed by atoms with Crippen molar-refractivity contribution >= 4 is 22.9 Å². The summed E-state index contributed by atoms with van der Waals surface area (Å²) in [5, 5.41) is -0.557. The smallest absolute Gasteiger partial charge is 0.289 e. The van der Waals surface area contributed by atoms with Gasteiger partial charge in [0.2, 0.25) is 5.91 Å². The average molecular weight is 347 g/mol. The van der Waals surface area contributed by atoms with Crippen LogP contribution in [0.25, 0.3) is 0 Å². The zero-order chi connectivity index (χ0) is 17.7. The predicted molar refractivity (Wildman–Crippen MR) is 94.4 cm³/mol. The first-order valence-corrected chi connectivity index (χ1v) is 8.59. The van der Waals surface area contributed by atoms with Crippen LogP contribution in [0.1, 0.15) is 19.4 Å². The lowest BCUT2D eigenvalue weighted by Gasteiger charge is -2.16. The molecule has 5 nitrogen and oxygen atoms in total. The molecule has 1 aliphatic heterocycles. The minimum absolute atomic E-state index is 0.120. The zero-order valence-corrected chi connectivity index (χ0v) is 14.9. The van der Waals surface area contributed by atoms with Gasteiger partial charge in [-0.3, -0.25) is 14.5 Å². The number of hydrogen-bond acceptors (Lipinski definition) is 5. The normalized spacial score (nSPS) is 17.3. The first kappa shape index (κ1) is 18.2. The topological polar surface area (TPSA) is 55.8 Å². The van der Waals surface area contributed by atoms with Crippen LogP contribution < -0.4 is 9.47 Å². The number of terminal acetylenes is 1. The second-order valence-electron chi connectivity index (χ2n) is 5.90. The minimum atomic E-state index is -0.390. The van der Waals surface area contributed by atoms with Crippen molar-refractivity contribution < 1.29 is 19.1 Å². The van der Waals surface area contributed by atoms with Crippen LogP contribution in [0.2, 0.25) is 0 Å². The molecule has 1 saturated heterocycles. The quantitative estimate of drug-likeness (QED) is 0.710. The Morgan fingerprint density at radius 1 is 1.33 bits per heavy atom. The van der Waals surface area contributed by atoms with E-state index >= 15 is 0 Å². The fourth-order valence-corrected chi connectivity index (χ4v) is 3.49. The van der Waals surface area contributed by atoms with Crippen molar-refractivity contribution in [2.45, 2.75) is 25.5 Å². The molecule has 0 aliphatic carbocycles. The second-order valence-corrected chi connectivity index (χ2v) is 7.05. The van der Waals surface area contributed by atoms with Crippen molar-refractivity contribution in [3.8, 4) is 23.8 Å². The number of amides is 2. The lowest BCUT2D eigenvalue weighted by atomic mass is 10.1. The highest BCUT2D eigenvalue weighted by molar-refractivity contribution is 8.15. The van der Waals surface area contributed by atoms with E-state index in [0.29, 0.717) is 24.5 Å². The van der Waals surface area contributed by atoms with Crippen LogP contribution in [0, 0.1) is 18.3 Å². The molecular weight excluding hydrogens is 326 g/mol. The molecule has 6 heteroatoms. The van der Waals surface area contributed by atoms with Crippen molar-refractivity contribution in [1.29, 1.82) is 0 Å². The Kier molecular flexibility index (Phi) is 6.16. The van der Waals surface area contributed by atoms with Gasteiger partial charge in [0.15, 0.2) is 11.5 Å². The van der Waals surface area contributed by atoms with E-state index < -0.39 is 5.25 Å². The highest BCUT2D eigenvalue weighted by Gasteiger charge is 2.39. The van der Waals surface area contributed by atoms with Crippen molar-refractivity contribution in [3.63, 3.8) is 0 Å². The lowest BCUT2D eigenvalue weighted by molar-refractivity contribution is -0.127. The molecule has 2 rings (SSSR count). The third kappa shape index (κ3) is 4.24. The van der Waals surface area contributed by atoms with Crippen molar-refractivity contribution in [1.82, 2.24) is 4.90 Å². The Morgan fingerprint density at radius 3 is 2.71 bits per heavy atom. The number of ether oxygens (including phenoxy) is 2. The Labute approximate surface area is 146 Å². The summed E-state index contributed by atoms with van der Waals surface area (Å²) >= 11 is 1.09. The van der Waals surface area contributed by atoms with Gasteiger partial charge in [0, 0.05) is 6.54 Å². The Bertz CT molecular complexity index is 665. The highest BCUT2D eigenvalue weighted by atomic mass is 32.2. The standard InChI is InChI=1S/C18H21NO4S/c1-5-8-23-14-7-6-13(9-15(14)22-4)10-16-17(20)19(11-12(2)3)18(21)24-16/h1,6-7,9,12,16H,8,10-11H2,2-4H3/t16-/m1/s1. The molecule has 0 N–H and O–H groups in total. The van der Waals surface area contributed by atoms with E-state index in [9.17, 15) is 9.59 Å². The van der Waals surface area contributed by atoms with Gasteiger partial charge >= 0.3 is 0 Å². The molecule has 0 radical (unpaired) electrons. The SMILES string of the molecule is C#CCOc1ccc(C[C@H]2SC(=O)N(CC(C)C)C2=O)cc1OC.